The fraction of sp³-hybridized carbons (Fsp3) is 0.375. The number of esters is 1. The van der Waals surface area contributed by atoms with Gasteiger partial charge in [-0.15, -0.1) is 0 Å². The average molecular weight is 235 g/mol. The van der Waals surface area contributed by atoms with Gasteiger partial charge in [-0.25, -0.2) is 14.8 Å². The molecule has 0 aliphatic carbocycles. The number of ether oxygens (including phenoxy) is 1. The fourth-order valence-corrected chi connectivity index (χ4v) is 1.17. The summed E-state index contributed by atoms with van der Waals surface area (Å²) in [5.74, 6) is -0.619. The molecule has 0 unspecified atom stereocenters. The molecule has 0 aliphatic heterocycles. The normalized spacial score (nSPS) is 10.0. The lowest BCUT2D eigenvalue weighted by molar-refractivity contribution is 0.0519. The van der Waals surface area contributed by atoms with E-state index in [9.17, 15) is 4.79 Å². The Morgan fingerprint density at radius 1 is 1.36 bits per heavy atom. The second kappa shape index (κ2) is 4.57. The monoisotopic (exact) mass is 234 g/mol. The molecule has 1 aromatic rings. The lowest BCUT2D eigenvalue weighted by Crippen LogP contribution is -2.09. The molecule has 6 heteroatoms. The number of rotatable bonds is 2. The number of carbonyl (C=O) groups is 1. The first-order valence-corrected chi connectivity index (χ1v) is 4.68. The van der Waals surface area contributed by atoms with Gasteiger partial charge < -0.3 is 4.74 Å². The Labute approximate surface area is 91.2 Å². The van der Waals surface area contributed by atoms with Gasteiger partial charge in [0, 0.05) is 0 Å². The first-order chi connectivity index (χ1) is 6.56. The molecule has 0 saturated carbocycles. The Bertz CT molecular complexity index is 369. The van der Waals surface area contributed by atoms with Gasteiger partial charge in [0.25, 0.3) is 0 Å². The van der Waals surface area contributed by atoms with Crippen LogP contribution in [0, 0.1) is 6.92 Å². The van der Waals surface area contributed by atoms with E-state index < -0.39 is 5.97 Å². The third-order valence-electron chi connectivity index (χ3n) is 1.44. The van der Waals surface area contributed by atoms with E-state index in [0.717, 1.165) is 0 Å². The van der Waals surface area contributed by atoms with Crippen molar-refractivity contribution in [3.8, 4) is 0 Å². The maximum Gasteiger partial charge on any atom is 0.360 e. The predicted octanol–water partition coefficient (Wildman–Crippen LogP) is 2.27. The van der Waals surface area contributed by atoms with Crippen molar-refractivity contribution >= 4 is 29.2 Å². The summed E-state index contributed by atoms with van der Waals surface area (Å²) in [7, 11) is 0. The molecule has 0 spiro atoms. The Kier molecular flexibility index (Phi) is 3.66. The number of carbonyl (C=O) groups excluding carboxylic acids is 1. The third kappa shape index (κ3) is 2.33. The third-order valence-corrected chi connectivity index (χ3v) is 2.06. The molecule has 0 fully saturated rings. The molecule has 0 saturated heterocycles. The number of hydrogen-bond acceptors (Lipinski definition) is 4. The number of hydrogen-bond donors (Lipinski definition) is 0. The van der Waals surface area contributed by atoms with Crippen LogP contribution in [0.15, 0.2) is 0 Å². The van der Waals surface area contributed by atoms with E-state index in [4.69, 9.17) is 27.9 Å². The fourth-order valence-electron chi connectivity index (χ4n) is 0.801. The first-order valence-electron chi connectivity index (χ1n) is 3.93. The van der Waals surface area contributed by atoms with E-state index in [1.807, 2.05) is 0 Å². The van der Waals surface area contributed by atoms with Crippen molar-refractivity contribution in [1.82, 2.24) is 9.97 Å². The van der Waals surface area contributed by atoms with Gasteiger partial charge >= 0.3 is 5.97 Å². The van der Waals surface area contributed by atoms with Gasteiger partial charge in [-0.3, -0.25) is 0 Å². The van der Waals surface area contributed by atoms with Gasteiger partial charge in [-0.05, 0) is 13.8 Å². The van der Waals surface area contributed by atoms with Gasteiger partial charge in [-0.1, -0.05) is 23.2 Å². The van der Waals surface area contributed by atoms with Gasteiger partial charge in [0.05, 0.1) is 12.3 Å². The van der Waals surface area contributed by atoms with Crippen LogP contribution in [0.25, 0.3) is 0 Å². The Morgan fingerprint density at radius 2 is 2.00 bits per heavy atom. The Morgan fingerprint density at radius 3 is 2.57 bits per heavy atom. The van der Waals surface area contributed by atoms with Crippen LogP contribution < -0.4 is 0 Å². The van der Waals surface area contributed by atoms with Crippen LogP contribution >= 0.6 is 23.2 Å². The molecule has 1 heterocycles. The van der Waals surface area contributed by atoms with Crippen LogP contribution in [0.2, 0.25) is 10.3 Å². The summed E-state index contributed by atoms with van der Waals surface area (Å²) in [6.07, 6.45) is 0. The number of aryl methyl sites for hydroxylation is 1. The van der Waals surface area contributed by atoms with Crippen molar-refractivity contribution in [2.75, 3.05) is 6.61 Å². The smallest absolute Gasteiger partial charge is 0.360 e. The predicted molar refractivity (Wildman–Crippen MR) is 52.7 cm³/mol. The molecule has 0 atom stereocenters. The van der Waals surface area contributed by atoms with E-state index in [2.05, 4.69) is 9.97 Å². The largest absolute Gasteiger partial charge is 0.461 e. The van der Waals surface area contributed by atoms with Gasteiger partial charge in [0.1, 0.15) is 0 Å². The standard InChI is InChI=1S/C8H8Cl2N2O2/c1-3-14-8(13)5-7(10)11-4(2)6(9)12-5/h3H2,1-2H3. The second-order valence-corrected chi connectivity index (χ2v) is 3.18. The molecule has 0 radical (unpaired) electrons. The Balaban J connectivity index is 3.09. The maximum atomic E-state index is 11.3. The van der Waals surface area contributed by atoms with Crippen molar-refractivity contribution in [2.45, 2.75) is 13.8 Å². The van der Waals surface area contributed by atoms with Crippen LogP contribution in [0.1, 0.15) is 23.1 Å². The molecular formula is C8H8Cl2N2O2. The summed E-state index contributed by atoms with van der Waals surface area (Å²) < 4.78 is 4.72. The maximum absolute atomic E-state index is 11.3. The number of halogens is 2. The van der Waals surface area contributed by atoms with Crippen molar-refractivity contribution in [3.05, 3.63) is 21.7 Å². The van der Waals surface area contributed by atoms with Gasteiger partial charge in [0.15, 0.2) is 16.0 Å². The summed E-state index contributed by atoms with van der Waals surface area (Å²) in [5.41, 5.74) is 0.425. The minimum absolute atomic E-state index is 0.00495. The van der Waals surface area contributed by atoms with E-state index in [0.29, 0.717) is 5.69 Å². The number of nitrogens with zero attached hydrogens (tertiary/aromatic N) is 2. The van der Waals surface area contributed by atoms with E-state index in [-0.39, 0.29) is 22.6 Å². The van der Waals surface area contributed by atoms with Crippen molar-refractivity contribution in [1.29, 1.82) is 0 Å². The molecule has 76 valence electrons. The van der Waals surface area contributed by atoms with E-state index >= 15 is 0 Å². The van der Waals surface area contributed by atoms with E-state index in [1.165, 1.54) is 0 Å². The molecule has 0 amide bonds. The summed E-state index contributed by atoms with van der Waals surface area (Å²) in [4.78, 5) is 18.9. The SMILES string of the molecule is CCOC(=O)c1nc(Cl)c(C)nc1Cl. The Hall–Kier alpha value is -0.870. The van der Waals surface area contributed by atoms with Crippen LogP contribution in [-0.4, -0.2) is 22.5 Å². The van der Waals surface area contributed by atoms with E-state index in [1.54, 1.807) is 13.8 Å². The highest BCUT2D eigenvalue weighted by atomic mass is 35.5. The van der Waals surface area contributed by atoms with Crippen molar-refractivity contribution in [3.63, 3.8) is 0 Å². The highest BCUT2D eigenvalue weighted by Crippen LogP contribution is 2.17. The molecule has 0 N–H and O–H groups in total. The molecule has 0 bridgehead atoms. The van der Waals surface area contributed by atoms with Crippen molar-refractivity contribution in [2.24, 2.45) is 0 Å². The minimum atomic E-state index is -0.619. The van der Waals surface area contributed by atoms with Crippen LogP contribution in [-0.2, 0) is 4.74 Å². The number of aromatic nitrogens is 2. The zero-order valence-corrected chi connectivity index (χ0v) is 9.19. The quantitative estimate of drug-likeness (QED) is 0.737. The summed E-state index contributed by atoms with van der Waals surface area (Å²) in [6, 6.07) is 0. The summed E-state index contributed by atoms with van der Waals surface area (Å²) >= 11 is 11.4. The molecule has 1 aromatic heterocycles. The molecule has 14 heavy (non-hydrogen) atoms. The summed E-state index contributed by atoms with van der Waals surface area (Å²) in [5, 5.41) is 0.155. The van der Waals surface area contributed by atoms with Crippen molar-refractivity contribution < 1.29 is 9.53 Å². The van der Waals surface area contributed by atoms with Gasteiger partial charge in [0.2, 0.25) is 0 Å². The molecule has 4 nitrogen and oxygen atoms in total. The lowest BCUT2D eigenvalue weighted by Gasteiger charge is -2.04. The van der Waals surface area contributed by atoms with Crippen LogP contribution in [0.4, 0.5) is 0 Å². The van der Waals surface area contributed by atoms with Gasteiger partial charge in [-0.2, -0.15) is 0 Å². The molecular weight excluding hydrogens is 227 g/mol. The zero-order chi connectivity index (χ0) is 10.7. The highest BCUT2D eigenvalue weighted by molar-refractivity contribution is 6.33. The minimum Gasteiger partial charge on any atom is -0.461 e. The molecule has 0 aliphatic rings. The molecule has 0 aromatic carbocycles. The second-order valence-electron chi connectivity index (χ2n) is 2.46. The summed E-state index contributed by atoms with van der Waals surface area (Å²) in [6.45, 7) is 3.59. The molecule has 1 rings (SSSR count). The lowest BCUT2D eigenvalue weighted by atomic mass is 10.4. The van der Waals surface area contributed by atoms with Crippen LogP contribution in [0.5, 0.6) is 0 Å². The van der Waals surface area contributed by atoms with Crippen LogP contribution in [0.3, 0.4) is 0 Å². The first kappa shape index (κ1) is 11.2. The topological polar surface area (TPSA) is 52.1 Å². The average Bonchev–Trinajstić information content (AvgIpc) is 2.11. The highest BCUT2D eigenvalue weighted by Gasteiger charge is 2.16. The zero-order valence-electron chi connectivity index (χ0n) is 7.67.